The van der Waals surface area contributed by atoms with Crippen molar-refractivity contribution in [3.63, 3.8) is 0 Å². The average molecular weight is 267 g/mol. The van der Waals surface area contributed by atoms with Crippen LogP contribution in [0.25, 0.3) is 0 Å². The van der Waals surface area contributed by atoms with Crippen molar-refractivity contribution in [2.75, 3.05) is 21.2 Å². The number of halogens is 1. The molecule has 18 heavy (non-hydrogen) atoms. The second kappa shape index (κ2) is 5.60. The molecule has 0 aliphatic rings. The molecule has 0 amide bonds. The fourth-order valence-corrected chi connectivity index (χ4v) is 2.38. The number of hydrogen-bond donors (Lipinski definition) is 0. The maximum atomic E-state index is 9.36. The van der Waals surface area contributed by atoms with Crippen molar-refractivity contribution in [2.24, 2.45) is 0 Å². The monoisotopic (exact) mass is 266 g/mol. The minimum Gasteiger partial charge on any atom is -0.496 e. The van der Waals surface area contributed by atoms with Gasteiger partial charge < -0.3 is 4.74 Å². The summed E-state index contributed by atoms with van der Waals surface area (Å²) in [5.41, 5.74) is 3.77. The molecule has 0 bridgehead atoms. The maximum absolute atomic E-state index is 9.36. The van der Waals surface area contributed by atoms with Gasteiger partial charge in [0.05, 0.1) is 13.2 Å². The summed E-state index contributed by atoms with van der Waals surface area (Å²) in [5.74, 6) is 0.759. The highest BCUT2D eigenvalue weighted by Crippen LogP contribution is 2.40. The normalized spacial score (nSPS) is 12.4. The van der Waals surface area contributed by atoms with Gasteiger partial charge in [-0.3, -0.25) is 4.90 Å². The lowest BCUT2D eigenvalue weighted by Gasteiger charge is -2.25. The zero-order valence-corrected chi connectivity index (χ0v) is 12.5. The molecular weight excluding hydrogens is 248 g/mol. The van der Waals surface area contributed by atoms with E-state index in [0.29, 0.717) is 5.02 Å². The van der Waals surface area contributed by atoms with Crippen molar-refractivity contribution < 1.29 is 4.74 Å². The molecule has 0 fully saturated rings. The van der Waals surface area contributed by atoms with Gasteiger partial charge in [0.15, 0.2) is 0 Å². The lowest BCUT2D eigenvalue weighted by molar-refractivity contribution is 0.337. The molecule has 0 aliphatic heterocycles. The highest BCUT2D eigenvalue weighted by molar-refractivity contribution is 6.32. The third-order valence-corrected chi connectivity index (χ3v) is 3.89. The van der Waals surface area contributed by atoms with Crippen LogP contribution in [0.2, 0.25) is 5.02 Å². The Labute approximate surface area is 114 Å². The topological polar surface area (TPSA) is 36.3 Å². The molecule has 4 heteroatoms. The minimum absolute atomic E-state index is 0.364. The number of rotatable bonds is 3. The Bertz CT molecular complexity index is 504. The van der Waals surface area contributed by atoms with Gasteiger partial charge in [0.25, 0.3) is 0 Å². The van der Waals surface area contributed by atoms with Crippen LogP contribution in [0.15, 0.2) is 0 Å². The molecule has 1 atom stereocenters. The van der Waals surface area contributed by atoms with Crippen LogP contribution in [0.3, 0.4) is 0 Å². The first-order chi connectivity index (χ1) is 8.36. The molecule has 0 aliphatic carbocycles. The Balaban J connectivity index is 3.67. The molecule has 0 saturated heterocycles. The van der Waals surface area contributed by atoms with Crippen molar-refractivity contribution in [3.05, 3.63) is 27.3 Å². The Morgan fingerprint density at radius 3 is 2.11 bits per heavy atom. The largest absolute Gasteiger partial charge is 0.496 e. The Hall–Kier alpha value is -1.24. The van der Waals surface area contributed by atoms with E-state index in [1.54, 1.807) is 7.11 Å². The minimum atomic E-state index is -0.364. The highest BCUT2D eigenvalue weighted by atomic mass is 35.5. The van der Waals surface area contributed by atoms with Crippen molar-refractivity contribution in [1.82, 2.24) is 4.90 Å². The number of nitriles is 1. The molecule has 0 aromatic heterocycles. The van der Waals surface area contributed by atoms with E-state index in [1.807, 2.05) is 39.8 Å². The van der Waals surface area contributed by atoms with Crippen LogP contribution >= 0.6 is 11.6 Å². The second-order valence-corrected chi connectivity index (χ2v) is 5.01. The summed E-state index contributed by atoms with van der Waals surface area (Å²) in [7, 11) is 5.37. The SMILES string of the molecule is COc1c(C)c(C)c(Cl)c(C)c1C(C#N)N(C)C. The molecule has 3 nitrogen and oxygen atoms in total. The summed E-state index contributed by atoms with van der Waals surface area (Å²) >= 11 is 6.34. The quantitative estimate of drug-likeness (QED) is 0.841. The second-order valence-electron chi connectivity index (χ2n) is 4.63. The van der Waals surface area contributed by atoms with Gasteiger partial charge in [0, 0.05) is 10.6 Å². The molecule has 0 spiro atoms. The molecule has 1 rings (SSSR count). The lowest BCUT2D eigenvalue weighted by atomic mass is 9.94. The van der Waals surface area contributed by atoms with Crippen LogP contribution in [0, 0.1) is 32.1 Å². The number of benzene rings is 1. The van der Waals surface area contributed by atoms with E-state index >= 15 is 0 Å². The number of nitrogens with zero attached hydrogens (tertiary/aromatic N) is 2. The summed E-state index contributed by atoms with van der Waals surface area (Å²) in [6.45, 7) is 5.86. The van der Waals surface area contributed by atoms with Crippen LogP contribution in [0.4, 0.5) is 0 Å². The first kappa shape index (κ1) is 14.8. The number of methoxy groups -OCH3 is 1. The maximum Gasteiger partial charge on any atom is 0.128 e. The summed E-state index contributed by atoms with van der Waals surface area (Å²) in [6, 6.07) is 1.93. The molecule has 0 radical (unpaired) electrons. The fraction of sp³-hybridized carbons (Fsp3) is 0.500. The van der Waals surface area contributed by atoms with Gasteiger partial charge in [-0.25, -0.2) is 0 Å². The van der Waals surface area contributed by atoms with Gasteiger partial charge in [0.1, 0.15) is 11.8 Å². The predicted molar refractivity (Wildman–Crippen MR) is 74.3 cm³/mol. The van der Waals surface area contributed by atoms with Crippen LogP contribution in [0.1, 0.15) is 28.3 Å². The van der Waals surface area contributed by atoms with Crippen molar-refractivity contribution in [1.29, 1.82) is 5.26 Å². The number of hydrogen-bond acceptors (Lipinski definition) is 3. The summed E-state index contributed by atoms with van der Waals surface area (Å²) in [5, 5.41) is 10.1. The van der Waals surface area contributed by atoms with E-state index in [9.17, 15) is 5.26 Å². The van der Waals surface area contributed by atoms with Gasteiger partial charge in [-0.05, 0) is 51.6 Å². The highest BCUT2D eigenvalue weighted by Gasteiger charge is 2.25. The zero-order valence-electron chi connectivity index (χ0n) is 11.8. The smallest absolute Gasteiger partial charge is 0.128 e. The molecule has 1 aromatic rings. The lowest BCUT2D eigenvalue weighted by Crippen LogP contribution is -2.20. The van der Waals surface area contributed by atoms with Gasteiger partial charge in [-0.15, -0.1) is 0 Å². The third-order valence-electron chi connectivity index (χ3n) is 3.33. The van der Waals surface area contributed by atoms with Gasteiger partial charge in [0.2, 0.25) is 0 Å². The van der Waals surface area contributed by atoms with Crippen molar-refractivity contribution >= 4 is 11.6 Å². The summed E-state index contributed by atoms with van der Waals surface area (Å²) in [4.78, 5) is 1.86. The first-order valence-electron chi connectivity index (χ1n) is 5.75. The summed E-state index contributed by atoms with van der Waals surface area (Å²) < 4.78 is 5.49. The van der Waals surface area contributed by atoms with Gasteiger partial charge >= 0.3 is 0 Å². The number of ether oxygens (including phenoxy) is 1. The van der Waals surface area contributed by atoms with Crippen molar-refractivity contribution in [3.8, 4) is 11.8 Å². The van der Waals surface area contributed by atoms with Crippen LogP contribution in [-0.2, 0) is 0 Å². The van der Waals surface area contributed by atoms with Crippen LogP contribution < -0.4 is 4.74 Å². The van der Waals surface area contributed by atoms with Crippen LogP contribution in [0.5, 0.6) is 5.75 Å². The van der Waals surface area contributed by atoms with Gasteiger partial charge in [-0.2, -0.15) is 5.26 Å². The third kappa shape index (κ3) is 2.31. The standard InChI is InChI=1S/C14H19ClN2O/c1-8-9(2)14(18-6)12(10(3)13(8)15)11(7-16)17(4)5/h11H,1-6H3. The zero-order chi connectivity index (χ0) is 14.0. The molecule has 98 valence electrons. The molecule has 1 aromatic carbocycles. The van der Waals surface area contributed by atoms with E-state index in [4.69, 9.17) is 16.3 Å². The Kier molecular flexibility index (Phi) is 4.61. The Morgan fingerprint density at radius 1 is 1.17 bits per heavy atom. The van der Waals surface area contributed by atoms with Crippen molar-refractivity contribution in [2.45, 2.75) is 26.8 Å². The fourth-order valence-electron chi connectivity index (χ4n) is 2.14. The molecular formula is C14H19ClN2O. The van der Waals surface area contributed by atoms with E-state index in [0.717, 1.165) is 28.0 Å². The molecule has 0 heterocycles. The average Bonchev–Trinajstić information content (AvgIpc) is 2.33. The molecule has 1 unspecified atom stereocenters. The van der Waals surface area contributed by atoms with Crippen LogP contribution in [-0.4, -0.2) is 26.1 Å². The van der Waals surface area contributed by atoms with E-state index in [-0.39, 0.29) is 6.04 Å². The van der Waals surface area contributed by atoms with E-state index < -0.39 is 0 Å². The first-order valence-corrected chi connectivity index (χ1v) is 6.13. The molecule has 0 N–H and O–H groups in total. The van der Waals surface area contributed by atoms with E-state index in [2.05, 4.69) is 6.07 Å². The Morgan fingerprint density at radius 2 is 1.72 bits per heavy atom. The van der Waals surface area contributed by atoms with E-state index in [1.165, 1.54) is 0 Å². The molecule has 0 saturated carbocycles. The predicted octanol–water partition coefficient (Wildman–Crippen LogP) is 3.40. The van der Waals surface area contributed by atoms with Gasteiger partial charge in [-0.1, -0.05) is 11.6 Å². The summed E-state index contributed by atoms with van der Waals surface area (Å²) in [6.07, 6.45) is 0.